The Morgan fingerprint density at radius 3 is 2.92 bits per heavy atom. The molecule has 1 rings (SSSR count). The fourth-order valence-corrected chi connectivity index (χ4v) is 0.977. The van der Waals surface area contributed by atoms with E-state index in [1.165, 1.54) is 0 Å². The Kier molecular flexibility index (Phi) is 3.19. The highest BCUT2D eigenvalue weighted by atomic mass is 15.4. The summed E-state index contributed by atoms with van der Waals surface area (Å²) in [6.07, 6.45) is 1.92. The Labute approximate surface area is 72.2 Å². The summed E-state index contributed by atoms with van der Waals surface area (Å²) in [4.78, 5) is 2.05. The fraction of sp³-hybridized carbons (Fsp3) is 0.714. The monoisotopic (exact) mass is 169 g/mol. The van der Waals surface area contributed by atoms with Crippen molar-refractivity contribution in [1.82, 2.24) is 19.9 Å². The van der Waals surface area contributed by atoms with Crippen LogP contribution in [0.1, 0.15) is 5.69 Å². The summed E-state index contributed by atoms with van der Waals surface area (Å²) in [5, 5.41) is 7.91. The van der Waals surface area contributed by atoms with Gasteiger partial charge in [0.15, 0.2) is 0 Å². The molecule has 0 saturated heterocycles. The molecule has 68 valence electrons. The molecular weight excluding hydrogens is 154 g/mol. The van der Waals surface area contributed by atoms with Crippen LogP contribution in [0.4, 0.5) is 0 Å². The molecule has 0 unspecified atom stereocenters. The Morgan fingerprint density at radius 2 is 2.33 bits per heavy atom. The van der Waals surface area contributed by atoms with E-state index in [1.807, 2.05) is 20.3 Å². The average Bonchev–Trinajstić information content (AvgIpc) is 2.36. The zero-order chi connectivity index (χ0) is 8.97. The number of nitrogens with zero attached hydrogens (tertiary/aromatic N) is 4. The minimum absolute atomic E-state index is 0.602. The summed E-state index contributed by atoms with van der Waals surface area (Å²) in [6, 6.07) is 0. The predicted molar refractivity (Wildman–Crippen MR) is 46.5 cm³/mol. The van der Waals surface area contributed by atoms with E-state index in [9.17, 15) is 0 Å². The van der Waals surface area contributed by atoms with E-state index >= 15 is 0 Å². The van der Waals surface area contributed by atoms with Crippen LogP contribution in [-0.2, 0) is 13.1 Å². The van der Waals surface area contributed by atoms with Crippen molar-refractivity contribution in [2.75, 3.05) is 20.6 Å². The van der Waals surface area contributed by atoms with E-state index in [-0.39, 0.29) is 0 Å². The third-order valence-corrected chi connectivity index (χ3v) is 1.42. The average molecular weight is 169 g/mol. The van der Waals surface area contributed by atoms with E-state index in [1.54, 1.807) is 4.68 Å². The maximum absolute atomic E-state index is 5.37. The molecule has 1 heterocycles. The third-order valence-electron chi connectivity index (χ3n) is 1.42. The maximum atomic E-state index is 5.37. The third kappa shape index (κ3) is 2.60. The Bertz CT molecular complexity index is 229. The highest BCUT2D eigenvalue weighted by Gasteiger charge is 2.00. The molecule has 0 saturated carbocycles. The van der Waals surface area contributed by atoms with E-state index in [0.717, 1.165) is 18.8 Å². The molecule has 0 aliphatic carbocycles. The smallest absolute Gasteiger partial charge is 0.0966 e. The fourth-order valence-electron chi connectivity index (χ4n) is 0.977. The van der Waals surface area contributed by atoms with Crippen molar-refractivity contribution in [2.24, 2.45) is 5.73 Å². The minimum atomic E-state index is 0.602. The molecule has 5 heteroatoms. The summed E-state index contributed by atoms with van der Waals surface area (Å²) in [6.45, 7) is 2.16. The molecule has 1 aromatic heterocycles. The zero-order valence-corrected chi connectivity index (χ0v) is 7.56. The lowest BCUT2D eigenvalue weighted by molar-refractivity contribution is 0.396. The van der Waals surface area contributed by atoms with Gasteiger partial charge in [-0.25, -0.2) is 0 Å². The van der Waals surface area contributed by atoms with Crippen LogP contribution in [0.5, 0.6) is 0 Å². The molecule has 12 heavy (non-hydrogen) atoms. The quantitative estimate of drug-likeness (QED) is 0.647. The van der Waals surface area contributed by atoms with Gasteiger partial charge >= 0.3 is 0 Å². The lowest BCUT2D eigenvalue weighted by Gasteiger charge is -2.04. The molecule has 0 spiro atoms. The Morgan fingerprint density at radius 1 is 1.58 bits per heavy atom. The zero-order valence-electron chi connectivity index (χ0n) is 7.56. The standard InChI is InChI=1S/C7H15N5/c1-11(2)5-7-6-12(4-3-8)10-9-7/h6H,3-5,8H2,1-2H3. The second-order valence-electron chi connectivity index (χ2n) is 3.00. The highest BCUT2D eigenvalue weighted by Crippen LogP contribution is 1.95. The van der Waals surface area contributed by atoms with Gasteiger partial charge in [-0.3, -0.25) is 4.68 Å². The van der Waals surface area contributed by atoms with Crippen LogP contribution in [0, 0.1) is 0 Å². The molecule has 0 radical (unpaired) electrons. The SMILES string of the molecule is CN(C)Cc1cn(CCN)nn1. The van der Waals surface area contributed by atoms with Gasteiger partial charge in [-0.2, -0.15) is 0 Å². The first-order valence-corrected chi connectivity index (χ1v) is 3.96. The molecule has 0 aromatic carbocycles. The molecular formula is C7H15N5. The van der Waals surface area contributed by atoms with E-state index in [2.05, 4.69) is 15.2 Å². The molecule has 0 aliphatic rings. The van der Waals surface area contributed by atoms with Crippen LogP contribution in [0.3, 0.4) is 0 Å². The molecule has 0 bridgehead atoms. The van der Waals surface area contributed by atoms with Gasteiger partial charge in [0.05, 0.1) is 12.2 Å². The van der Waals surface area contributed by atoms with Crippen molar-refractivity contribution in [2.45, 2.75) is 13.1 Å². The molecule has 0 fully saturated rings. The summed E-state index contributed by atoms with van der Waals surface area (Å²) >= 11 is 0. The van der Waals surface area contributed by atoms with Gasteiger partial charge < -0.3 is 10.6 Å². The molecule has 0 aliphatic heterocycles. The van der Waals surface area contributed by atoms with Gasteiger partial charge in [-0.05, 0) is 14.1 Å². The summed E-state index contributed by atoms with van der Waals surface area (Å²) in [7, 11) is 4.00. The first-order valence-electron chi connectivity index (χ1n) is 3.96. The summed E-state index contributed by atoms with van der Waals surface area (Å²) in [5.41, 5.74) is 6.35. The first kappa shape index (κ1) is 9.15. The second-order valence-corrected chi connectivity index (χ2v) is 3.00. The topological polar surface area (TPSA) is 60.0 Å². The lowest BCUT2D eigenvalue weighted by atomic mass is 10.4. The molecule has 5 nitrogen and oxygen atoms in total. The van der Waals surface area contributed by atoms with Gasteiger partial charge in [0, 0.05) is 19.3 Å². The van der Waals surface area contributed by atoms with Crippen molar-refractivity contribution in [3.05, 3.63) is 11.9 Å². The van der Waals surface area contributed by atoms with Gasteiger partial charge in [-0.1, -0.05) is 5.21 Å². The number of nitrogens with two attached hydrogens (primary N) is 1. The van der Waals surface area contributed by atoms with Crippen molar-refractivity contribution in [1.29, 1.82) is 0 Å². The van der Waals surface area contributed by atoms with Gasteiger partial charge in [0.25, 0.3) is 0 Å². The summed E-state index contributed by atoms with van der Waals surface area (Å²) < 4.78 is 1.76. The van der Waals surface area contributed by atoms with E-state index < -0.39 is 0 Å². The normalized spacial score (nSPS) is 11.0. The van der Waals surface area contributed by atoms with E-state index in [4.69, 9.17) is 5.73 Å². The van der Waals surface area contributed by atoms with Crippen molar-refractivity contribution in [3.8, 4) is 0 Å². The maximum Gasteiger partial charge on any atom is 0.0966 e. The van der Waals surface area contributed by atoms with Gasteiger partial charge in [0.1, 0.15) is 0 Å². The van der Waals surface area contributed by atoms with Crippen molar-refractivity contribution in [3.63, 3.8) is 0 Å². The van der Waals surface area contributed by atoms with E-state index in [0.29, 0.717) is 6.54 Å². The second kappa shape index (κ2) is 4.18. The largest absolute Gasteiger partial charge is 0.329 e. The molecule has 2 N–H and O–H groups in total. The lowest BCUT2D eigenvalue weighted by Crippen LogP contribution is -2.11. The Hall–Kier alpha value is -0.940. The Balaban J connectivity index is 2.52. The van der Waals surface area contributed by atoms with Crippen LogP contribution in [0.25, 0.3) is 0 Å². The number of aromatic nitrogens is 3. The van der Waals surface area contributed by atoms with Crippen LogP contribution in [0.2, 0.25) is 0 Å². The first-order chi connectivity index (χ1) is 5.72. The van der Waals surface area contributed by atoms with Crippen molar-refractivity contribution >= 4 is 0 Å². The van der Waals surface area contributed by atoms with Crippen LogP contribution in [-0.4, -0.2) is 40.5 Å². The summed E-state index contributed by atoms with van der Waals surface area (Å²) in [5.74, 6) is 0. The molecule has 1 aromatic rings. The molecule has 0 amide bonds. The van der Waals surface area contributed by atoms with Crippen LogP contribution in [0.15, 0.2) is 6.20 Å². The predicted octanol–water partition coefficient (Wildman–Crippen LogP) is -0.702. The highest BCUT2D eigenvalue weighted by molar-refractivity contribution is 4.91. The van der Waals surface area contributed by atoms with Crippen LogP contribution >= 0.6 is 0 Å². The number of rotatable bonds is 4. The van der Waals surface area contributed by atoms with Gasteiger partial charge in [0.2, 0.25) is 0 Å². The van der Waals surface area contributed by atoms with Gasteiger partial charge in [-0.15, -0.1) is 5.10 Å². The van der Waals surface area contributed by atoms with Crippen LogP contribution < -0.4 is 5.73 Å². The number of hydrogen-bond donors (Lipinski definition) is 1. The molecule has 0 atom stereocenters. The minimum Gasteiger partial charge on any atom is -0.329 e. The van der Waals surface area contributed by atoms with Crippen molar-refractivity contribution < 1.29 is 0 Å². The number of hydrogen-bond acceptors (Lipinski definition) is 4.